The van der Waals surface area contributed by atoms with E-state index in [-0.39, 0.29) is 11.8 Å². The van der Waals surface area contributed by atoms with E-state index in [1.165, 1.54) is 10.8 Å². The Hall–Kier alpha value is -3.02. The molecule has 2 aliphatic rings. The average molecular weight is 506 g/mol. The van der Waals surface area contributed by atoms with Crippen LogP contribution < -0.4 is 4.74 Å². The summed E-state index contributed by atoms with van der Waals surface area (Å²) >= 11 is 9.84. The van der Waals surface area contributed by atoms with Gasteiger partial charge in [-0.3, -0.25) is 0 Å². The van der Waals surface area contributed by atoms with Crippen molar-refractivity contribution in [3.8, 4) is 11.5 Å². The Bertz CT molecular complexity index is 1400. The van der Waals surface area contributed by atoms with Gasteiger partial charge in [0.1, 0.15) is 11.5 Å². The molecule has 158 valence electrons. The molecule has 6 rings (SSSR count). The van der Waals surface area contributed by atoms with Gasteiger partial charge in [-0.2, -0.15) is 5.10 Å². The van der Waals surface area contributed by atoms with Crippen LogP contribution in [0.3, 0.4) is 0 Å². The molecule has 2 heterocycles. The number of phenolic OH excluding ortho intramolecular Hbond substituents is 1. The Morgan fingerprint density at radius 2 is 1.78 bits per heavy atom. The van der Waals surface area contributed by atoms with Crippen molar-refractivity contribution in [2.45, 2.75) is 18.7 Å². The van der Waals surface area contributed by atoms with Gasteiger partial charge < -0.3 is 9.84 Å². The third-order valence-corrected chi connectivity index (χ3v) is 6.82. The maximum absolute atomic E-state index is 10.6. The molecule has 0 amide bonds. The van der Waals surface area contributed by atoms with Crippen molar-refractivity contribution in [3.05, 3.63) is 105 Å². The molecule has 0 saturated carbocycles. The van der Waals surface area contributed by atoms with E-state index in [9.17, 15) is 5.11 Å². The van der Waals surface area contributed by atoms with Crippen LogP contribution in [0.2, 0.25) is 5.02 Å². The normalized spacial score (nSPS) is 19.3. The molecule has 0 bridgehead atoms. The summed E-state index contributed by atoms with van der Waals surface area (Å²) in [5, 5.41) is 20.4. The molecule has 4 aromatic rings. The lowest BCUT2D eigenvalue weighted by Crippen LogP contribution is -2.33. The van der Waals surface area contributed by atoms with E-state index >= 15 is 0 Å². The van der Waals surface area contributed by atoms with Crippen molar-refractivity contribution in [1.82, 2.24) is 5.01 Å². The fourth-order valence-corrected chi connectivity index (χ4v) is 5.09. The first kappa shape index (κ1) is 19.6. The highest BCUT2D eigenvalue weighted by Crippen LogP contribution is 2.49. The molecule has 32 heavy (non-hydrogen) atoms. The third-order valence-electron chi connectivity index (χ3n) is 6.09. The van der Waals surface area contributed by atoms with E-state index in [4.69, 9.17) is 21.4 Å². The standard InChI is InChI=1S/C26H18BrClN2O2/c27-18-7-10-25-20(12-18)23-14-22(17-6-5-15-3-1-2-4-16(15)11-17)29-30(23)26(32-25)21-13-19(28)8-9-24(21)31/h1-13,23,26,31H,14H2/t23-,26-/m1/s1. The van der Waals surface area contributed by atoms with Gasteiger partial charge in [-0.25, -0.2) is 5.01 Å². The summed E-state index contributed by atoms with van der Waals surface area (Å²) in [7, 11) is 0. The second-order valence-electron chi connectivity index (χ2n) is 8.06. The van der Waals surface area contributed by atoms with Crippen molar-refractivity contribution >= 4 is 44.0 Å². The van der Waals surface area contributed by atoms with Gasteiger partial charge in [0.05, 0.1) is 17.3 Å². The molecule has 2 aliphatic heterocycles. The molecular formula is C26H18BrClN2O2. The van der Waals surface area contributed by atoms with Gasteiger partial charge in [0.2, 0.25) is 6.23 Å². The molecule has 4 aromatic carbocycles. The van der Waals surface area contributed by atoms with E-state index < -0.39 is 6.23 Å². The van der Waals surface area contributed by atoms with E-state index in [0.717, 1.165) is 33.5 Å². The fraction of sp³-hybridized carbons (Fsp3) is 0.115. The van der Waals surface area contributed by atoms with Crippen molar-refractivity contribution < 1.29 is 9.84 Å². The molecule has 4 nitrogen and oxygen atoms in total. The lowest BCUT2D eigenvalue weighted by molar-refractivity contribution is -0.0203. The summed E-state index contributed by atoms with van der Waals surface area (Å²) in [5.41, 5.74) is 3.74. The lowest BCUT2D eigenvalue weighted by atomic mass is 9.95. The van der Waals surface area contributed by atoms with Crippen LogP contribution in [-0.2, 0) is 0 Å². The molecule has 0 spiro atoms. The molecule has 0 saturated heterocycles. The first-order valence-electron chi connectivity index (χ1n) is 10.4. The van der Waals surface area contributed by atoms with Gasteiger partial charge in [0, 0.05) is 21.5 Å². The number of rotatable bonds is 2. The summed E-state index contributed by atoms with van der Waals surface area (Å²) < 4.78 is 7.35. The van der Waals surface area contributed by atoms with Crippen LogP contribution in [0.25, 0.3) is 10.8 Å². The minimum atomic E-state index is -0.578. The number of fused-ring (bicyclic) bond motifs is 4. The van der Waals surface area contributed by atoms with Crippen LogP contribution in [0.15, 0.2) is 88.4 Å². The predicted octanol–water partition coefficient (Wildman–Crippen LogP) is 7.20. The van der Waals surface area contributed by atoms with Crippen LogP contribution in [0.5, 0.6) is 11.5 Å². The minimum absolute atomic E-state index is 0.0129. The van der Waals surface area contributed by atoms with Crippen LogP contribution in [0.1, 0.15) is 35.4 Å². The van der Waals surface area contributed by atoms with Crippen molar-refractivity contribution in [2.24, 2.45) is 5.10 Å². The number of phenols is 1. The SMILES string of the molecule is Oc1ccc(Cl)cc1[C@H]1Oc2ccc(Br)cc2[C@H]2CC(c3ccc4ccccc4c3)=NN21. The van der Waals surface area contributed by atoms with Gasteiger partial charge in [-0.05, 0) is 58.8 Å². The number of benzene rings is 4. The van der Waals surface area contributed by atoms with Gasteiger partial charge in [-0.15, -0.1) is 0 Å². The number of halogens is 2. The molecular weight excluding hydrogens is 488 g/mol. The second-order valence-corrected chi connectivity index (χ2v) is 9.42. The molecule has 0 aromatic heterocycles. The Morgan fingerprint density at radius 1 is 0.938 bits per heavy atom. The number of hydrogen-bond donors (Lipinski definition) is 1. The molecule has 1 N–H and O–H groups in total. The Labute approximate surface area is 198 Å². The topological polar surface area (TPSA) is 45.1 Å². The van der Waals surface area contributed by atoms with Crippen molar-refractivity contribution in [3.63, 3.8) is 0 Å². The minimum Gasteiger partial charge on any atom is -0.507 e. The Balaban J connectivity index is 1.48. The number of nitrogens with zero attached hydrogens (tertiary/aromatic N) is 2. The number of ether oxygens (including phenoxy) is 1. The molecule has 0 aliphatic carbocycles. The molecule has 0 unspecified atom stereocenters. The Morgan fingerprint density at radius 3 is 2.66 bits per heavy atom. The summed E-state index contributed by atoms with van der Waals surface area (Å²) in [6.45, 7) is 0. The fourth-order valence-electron chi connectivity index (χ4n) is 4.53. The van der Waals surface area contributed by atoms with E-state index in [0.29, 0.717) is 10.6 Å². The molecule has 0 fully saturated rings. The number of aromatic hydroxyl groups is 1. The molecule has 0 radical (unpaired) electrons. The second kappa shape index (κ2) is 7.54. The van der Waals surface area contributed by atoms with Crippen LogP contribution in [0.4, 0.5) is 0 Å². The predicted molar refractivity (Wildman–Crippen MR) is 130 cm³/mol. The summed E-state index contributed by atoms with van der Waals surface area (Å²) in [5.74, 6) is 0.918. The summed E-state index contributed by atoms with van der Waals surface area (Å²) in [6.07, 6.45) is 0.161. The number of hydrogen-bond acceptors (Lipinski definition) is 4. The van der Waals surface area contributed by atoms with Gasteiger partial charge in [-0.1, -0.05) is 63.9 Å². The van der Waals surface area contributed by atoms with Gasteiger partial charge in [0.25, 0.3) is 0 Å². The average Bonchev–Trinajstić information content (AvgIpc) is 3.26. The smallest absolute Gasteiger partial charge is 0.217 e. The van der Waals surface area contributed by atoms with Crippen LogP contribution in [-0.4, -0.2) is 15.8 Å². The maximum atomic E-state index is 10.6. The zero-order valence-corrected chi connectivity index (χ0v) is 19.2. The van der Waals surface area contributed by atoms with Crippen molar-refractivity contribution in [1.29, 1.82) is 0 Å². The van der Waals surface area contributed by atoms with Crippen LogP contribution in [0, 0.1) is 0 Å². The maximum Gasteiger partial charge on any atom is 0.217 e. The molecule has 2 atom stereocenters. The molecule has 6 heteroatoms. The largest absolute Gasteiger partial charge is 0.507 e. The monoisotopic (exact) mass is 504 g/mol. The van der Waals surface area contributed by atoms with Gasteiger partial charge in [0.15, 0.2) is 0 Å². The van der Waals surface area contributed by atoms with E-state index in [2.05, 4.69) is 52.3 Å². The zero-order chi connectivity index (χ0) is 21.8. The first-order chi connectivity index (χ1) is 15.6. The van der Waals surface area contributed by atoms with Crippen molar-refractivity contribution in [2.75, 3.05) is 0 Å². The number of hydrazone groups is 1. The van der Waals surface area contributed by atoms with E-state index in [1.807, 2.05) is 29.3 Å². The van der Waals surface area contributed by atoms with Crippen LogP contribution >= 0.6 is 27.5 Å². The van der Waals surface area contributed by atoms with Gasteiger partial charge >= 0.3 is 0 Å². The zero-order valence-electron chi connectivity index (χ0n) is 16.9. The highest BCUT2D eigenvalue weighted by molar-refractivity contribution is 9.10. The lowest BCUT2D eigenvalue weighted by Gasteiger charge is -2.38. The Kier molecular flexibility index (Phi) is 4.63. The highest BCUT2D eigenvalue weighted by Gasteiger charge is 2.42. The first-order valence-corrected chi connectivity index (χ1v) is 11.5. The van der Waals surface area contributed by atoms with E-state index in [1.54, 1.807) is 18.2 Å². The summed E-state index contributed by atoms with van der Waals surface area (Å²) in [4.78, 5) is 0. The highest BCUT2D eigenvalue weighted by atomic mass is 79.9. The summed E-state index contributed by atoms with van der Waals surface area (Å²) in [6, 6.07) is 25.7. The third kappa shape index (κ3) is 3.24. The quantitative estimate of drug-likeness (QED) is 0.313.